The molecule has 1 aromatic carbocycles. The van der Waals surface area contributed by atoms with Gasteiger partial charge in [0.25, 0.3) is 0 Å². The van der Waals surface area contributed by atoms with Crippen molar-refractivity contribution in [2.24, 2.45) is 11.7 Å². The molecule has 0 radical (unpaired) electrons. The number of hydrogen-bond acceptors (Lipinski definition) is 2. The second-order valence-corrected chi connectivity index (χ2v) is 5.11. The first-order valence-corrected chi connectivity index (χ1v) is 6.24. The van der Waals surface area contributed by atoms with Gasteiger partial charge in [0.1, 0.15) is 5.82 Å². The maximum Gasteiger partial charge on any atom is 0.137 e. The summed E-state index contributed by atoms with van der Waals surface area (Å²) in [6, 6.07) is 4.96. The molecule has 0 heterocycles. The van der Waals surface area contributed by atoms with Crippen LogP contribution in [-0.4, -0.2) is 12.6 Å². The fraction of sp³-hybridized carbons (Fsp3) is 0.500. The van der Waals surface area contributed by atoms with E-state index in [-0.39, 0.29) is 5.82 Å². The first-order valence-electron chi connectivity index (χ1n) is 5.44. The normalized spacial score (nSPS) is 24.2. The predicted molar refractivity (Wildman–Crippen MR) is 64.5 cm³/mol. The molecule has 0 bridgehead atoms. The van der Waals surface area contributed by atoms with Crippen molar-refractivity contribution in [3.63, 3.8) is 0 Å². The Labute approximate surface area is 103 Å². The van der Waals surface area contributed by atoms with Gasteiger partial charge in [0.2, 0.25) is 0 Å². The van der Waals surface area contributed by atoms with Gasteiger partial charge in [-0.3, -0.25) is 0 Å². The fourth-order valence-electron chi connectivity index (χ4n) is 1.85. The summed E-state index contributed by atoms with van der Waals surface area (Å²) in [7, 11) is 0. The average Bonchev–Trinajstić information content (AvgIpc) is 2.21. The van der Waals surface area contributed by atoms with Crippen LogP contribution in [0.2, 0.25) is 0 Å². The lowest BCUT2D eigenvalue weighted by molar-refractivity contribution is -0.0376. The largest absolute Gasteiger partial charge is 0.374 e. The van der Waals surface area contributed by atoms with Crippen molar-refractivity contribution in [2.45, 2.75) is 25.6 Å². The average molecular weight is 288 g/mol. The van der Waals surface area contributed by atoms with Crippen molar-refractivity contribution in [1.82, 2.24) is 0 Å². The Balaban J connectivity index is 1.80. The molecule has 88 valence electrons. The molecule has 1 aliphatic rings. The molecule has 4 heteroatoms. The van der Waals surface area contributed by atoms with Crippen LogP contribution >= 0.6 is 15.9 Å². The van der Waals surface area contributed by atoms with Gasteiger partial charge >= 0.3 is 0 Å². The number of rotatable bonds is 4. The van der Waals surface area contributed by atoms with Gasteiger partial charge in [0.15, 0.2) is 0 Å². The van der Waals surface area contributed by atoms with Gasteiger partial charge in [0.05, 0.1) is 17.2 Å². The summed E-state index contributed by atoms with van der Waals surface area (Å²) in [6.07, 6.45) is 2.44. The Morgan fingerprint density at radius 1 is 1.44 bits per heavy atom. The smallest absolute Gasteiger partial charge is 0.137 e. The van der Waals surface area contributed by atoms with E-state index in [9.17, 15) is 4.39 Å². The van der Waals surface area contributed by atoms with E-state index in [4.69, 9.17) is 10.5 Å². The summed E-state index contributed by atoms with van der Waals surface area (Å²) >= 11 is 3.16. The summed E-state index contributed by atoms with van der Waals surface area (Å²) in [5, 5.41) is 0. The second kappa shape index (κ2) is 5.25. The van der Waals surface area contributed by atoms with Crippen LogP contribution in [0.25, 0.3) is 0 Å². The van der Waals surface area contributed by atoms with Gasteiger partial charge < -0.3 is 10.5 Å². The molecule has 0 aliphatic heterocycles. The molecule has 1 fully saturated rings. The van der Waals surface area contributed by atoms with Crippen molar-refractivity contribution in [3.8, 4) is 0 Å². The van der Waals surface area contributed by atoms with Crippen LogP contribution in [0.15, 0.2) is 22.7 Å². The molecule has 2 N–H and O–H groups in total. The van der Waals surface area contributed by atoms with Crippen LogP contribution in [0, 0.1) is 11.7 Å². The zero-order valence-electron chi connectivity index (χ0n) is 8.96. The van der Waals surface area contributed by atoms with E-state index in [2.05, 4.69) is 15.9 Å². The molecule has 0 unspecified atom stereocenters. The second-order valence-electron chi connectivity index (χ2n) is 4.25. The highest BCUT2D eigenvalue weighted by atomic mass is 79.9. The first kappa shape index (κ1) is 12.0. The van der Waals surface area contributed by atoms with Crippen molar-refractivity contribution >= 4 is 15.9 Å². The zero-order chi connectivity index (χ0) is 11.5. The molecule has 1 aromatic rings. The third-order valence-electron chi connectivity index (χ3n) is 3.00. The van der Waals surface area contributed by atoms with Crippen molar-refractivity contribution in [2.75, 3.05) is 6.54 Å². The van der Waals surface area contributed by atoms with Crippen LogP contribution in [0.3, 0.4) is 0 Å². The molecule has 0 amide bonds. The van der Waals surface area contributed by atoms with Crippen LogP contribution in [0.1, 0.15) is 18.4 Å². The molecule has 1 saturated carbocycles. The van der Waals surface area contributed by atoms with Gasteiger partial charge in [-0.1, -0.05) is 6.07 Å². The monoisotopic (exact) mass is 287 g/mol. The lowest BCUT2D eigenvalue weighted by atomic mass is 9.82. The van der Waals surface area contributed by atoms with Gasteiger partial charge in [-0.05, 0) is 58.9 Å². The van der Waals surface area contributed by atoms with E-state index in [1.807, 2.05) is 0 Å². The molecule has 1 aliphatic carbocycles. The first-order chi connectivity index (χ1) is 7.69. The SMILES string of the molecule is NCC1CC(OCc2ccc(F)c(Br)c2)C1. The maximum atomic E-state index is 13.0. The number of benzene rings is 1. The standard InChI is InChI=1S/C12H15BrFNO/c13-11-5-8(1-2-12(11)14)7-16-10-3-9(4-10)6-15/h1-2,5,9-10H,3-4,6-7,15H2. The topological polar surface area (TPSA) is 35.2 Å². The van der Waals surface area contributed by atoms with Crippen LogP contribution in [-0.2, 0) is 11.3 Å². The van der Waals surface area contributed by atoms with Gasteiger partial charge in [-0.25, -0.2) is 4.39 Å². The molecule has 0 aromatic heterocycles. The maximum absolute atomic E-state index is 13.0. The Kier molecular flexibility index (Phi) is 3.95. The third kappa shape index (κ3) is 2.81. The summed E-state index contributed by atoms with van der Waals surface area (Å²) in [5.41, 5.74) is 6.53. The molecule has 0 saturated heterocycles. The van der Waals surface area contributed by atoms with E-state index in [1.54, 1.807) is 12.1 Å². The highest BCUT2D eigenvalue weighted by Gasteiger charge is 2.28. The fourth-order valence-corrected chi connectivity index (χ4v) is 2.27. The van der Waals surface area contributed by atoms with E-state index >= 15 is 0 Å². The number of hydrogen-bond donors (Lipinski definition) is 1. The van der Waals surface area contributed by atoms with Gasteiger partial charge in [-0.2, -0.15) is 0 Å². The molecule has 2 nitrogen and oxygen atoms in total. The summed E-state index contributed by atoms with van der Waals surface area (Å²) in [4.78, 5) is 0. The number of ether oxygens (including phenoxy) is 1. The van der Waals surface area contributed by atoms with Crippen LogP contribution in [0.5, 0.6) is 0 Å². The van der Waals surface area contributed by atoms with E-state index in [0.717, 1.165) is 24.9 Å². The molecule has 0 spiro atoms. The van der Waals surface area contributed by atoms with Crippen molar-refractivity contribution < 1.29 is 9.13 Å². The number of halogens is 2. The van der Waals surface area contributed by atoms with E-state index < -0.39 is 0 Å². The predicted octanol–water partition coefficient (Wildman–Crippen LogP) is 2.84. The van der Waals surface area contributed by atoms with E-state index in [0.29, 0.717) is 23.1 Å². The zero-order valence-corrected chi connectivity index (χ0v) is 10.5. The van der Waals surface area contributed by atoms with Gasteiger partial charge in [0, 0.05) is 0 Å². The lowest BCUT2D eigenvalue weighted by Crippen LogP contribution is -2.35. The summed E-state index contributed by atoms with van der Waals surface area (Å²) < 4.78 is 19.2. The molecular weight excluding hydrogens is 273 g/mol. The Hall–Kier alpha value is -0.450. The highest BCUT2D eigenvalue weighted by molar-refractivity contribution is 9.10. The highest BCUT2D eigenvalue weighted by Crippen LogP contribution is 2.29. The summed E-state index contributed by atoms with van der Waals surface area (Å²) in [5.74, 6) is 0.389. The molecular formula is C12H15BrFNO. The van der Waals surface area contributed by atoms with E-state index in [1.165, 1.54) is 6.07 Å². The third-order valence-corrected chi connectivity index (χ3v) is 3.60. The van der Waals surface area contributed by atoms with Crippen molar-refractivity contribution in [1.29, 1.82) is 0 Å². The van der Waals surface area contributed by atoms with Gasteiger partial charge in [-0.15, -0.1) is 0 Å². The molecule has 0 atom stereocenters. The summed E-state index contributed by atoms with van der Waals surface area (Å²) in [6.45, 7) is 1.29. The minimum absolute atomic E-state index is 0.240. The Morgan fingerprint density at radius 3 is 2.81 bits per heavy atom. The minimum Gasteiger partial charge on any atom is -0.374 e. The quantitative estimate of drug-likeness (QED) is 0.924. The van der Waals surface area contributed by atoms with Crippen LogP contribution < -0.4 is 5.73 Å². The Morgan fingerprint density at radius 2 is 2.19 bits per heavy atom. The number of nitrogens with two attached hydrogens (primary N) is 1. The van der Waals surface area contributed by atoms with Crippen LogP contribution in [0.4, 0.5) is 4.39 Å². The lowest BCUT2D eigenvalue weighted by Gasteiger charge is -2.34. The Bertz CT molecular complexity index is 366. The minimum atomic E-state index is -0.240. The molecule has 2 rings (SSSR count). The van der Waals surface area contributed by atoms with Crippen molar-refractivity contribution in [3.05, 3.63) is 34.1 Å². The molecule has 16 heavy (non-hydrogen) atoms.